The van der Waals surface area contributed by atoms with E-state index >= 15 is 0 Å². The van der Waals surface area contributed by atoms with Crippen molar-refractivity contribution in [3.63, 3.8) is 0 Å². The van der Waals surface area contributed by atoms with Crippen LogP contribution in [0.3, 0.4) is 0 Å². The van der Waals surface area contributed by atoms with Gasteiger partial charge in [-0.05, 0) is 27.7 Å². The van der Waals surface area contributed by atoms with E-state index in [-0.39, 0.29) is 12.5 Å². The number of rotatable bonds is 8. The summed E-state index contributed by atoms with van der Waals surface area (Å²) in [6.07, 6.45) is -1.50. The molecule has 0 unspecified atom stereocenters. The Morgan fingerprint density at radius 3 is 1.94 bits per heavy atom. The first-order chi connectivity index (χ1) is 7.51. The Balaban J connectivity index is 4.13. The molecule has 0 radical (unpaired) electrons. The standard InChI is InChI=1S/C11H20O5/c1-5-14-11(15-6-2)9(12)7-10(13)16-8(3)4/h8,11H,5-7H2,1-4H3. The lowest BCUT2D eigenvalue weighted by Gasteiger charge is -2.15. The minimum absolute atomic E-state index is 0.224. The molecular formula is C11H20O5. The van der Waals surface area contributed by atoms with Crippen molar-refractivity contribution in [2.24, 2.45) is 0 Å². The molecule has 5 heteroatoms. The summed E-state index contributed by atoms with van der Waals surface area (Å²) in [4.78, 5) is 22.8. The molecule has 16 heavy (non-hydrogen) atoms. The van der Waals surface area contributed by atoms with Crippen LogP contribution in [0, 0.1) is 0 Å². The summed E-state index contributed by atoms with van der Waals surface area (Å²) in [5.74, 6) is -0.959. The van der Waals surface area contributed by atoms with Crippen LogP contribution < -0.4 is 0 Å². The predicted molar refractivity (Wildman–Crippen MR) is 57.9 cm³/mol. The van der Waals surface area contributed by atoms with Crippen molar-refractivity contribution in [3.05, 3.63) is 0 Å². The predicted octanol–water partition coefficient (Wildman–Crippen LogP) is 1.30. The maximum Gasteiger partial charge on any atom is 0.313 e. The molecule has 0 aromatic heterocycles. The van der Waals surface area contributed by atoms with Crippen LogP contribution in [-0.2, 0) is 23.8 Å². The lowest BCUT2D eigenvalue weighted by Crippen LogP contribution is -2.30. The Kier molecular flexibility index (Phi) is 7.76. The molecule has 0 saturated heterocycles. The van der Waals surface area contributed by atoms with Crippen molar-refractivity contribution < 1.29 is 23.8 Å². The lowest BCUT2D eigenvalue weighted by atomic mass is 10.2. The van der Waals surface area contributed by atoms with E-state index in [1.54, 1.807) is 27.7 Å². The first kappa shape index (κ1) is 15.1. The average molecular weight is 232 g/mol. The zero-order valence-electron chi connectivity index (χ0n) is 10.3. The summed E-state index contributed by atoms with van der Waals surface area (Å²) < 4.78 is 15.0. The number of Topliss-reactive ketones (excluding diaryl/α,β-unsaturated/α-hetero) is 1. The zero-order valence-corrected chi connectivity index (χ0v) is 10.3. The van der Waals surface area contributed by atoms with Gasteiger partial charge in [0.25, 0.3) is 0 Å². The van der Waals surface area contributed by atoms with E-state index in [1.807, 2.05) is 0 Å². The van der Waals surface area contributed by atoms with Crippen LogP contribution in [0.4, 0.5) is 0 Å². The second-order valence-corrected chi connectivity index (χ2v) is 3.42. The molecule has 0 aromatic rings. The fourth-order valence-electron chi connectivity index (χ4n) is 1.07. The number of esters is 1. The fourth-order valence-corrected chi connectivity index (χ4v) is 1.07. The van der Waals surface area contributed by atoms with Gasteiger partial charge in [-0.3, -0.25) is 9.59 Å². The Morgan fingerprint density at radius 1 is 1.06 bits per heavy atom. The normalized spacial score (nSPS) is 10.9. The van der Waals surface area contributed by atoms with Crippen LogP contribution in [0.25, 0.3) is 0 Å². The molecule has 0 aliphatic rings. The van der Waals surface area contributed by atoms with Gasteiger partial charge in [0.2, 0.25) is 6.29 Å². The van der Waals surface area contributed by atoms with Gasteiger partial charge in [0.15, 0.2) is 5.78 Å². The molecule has 0 aromatic carbocycles. The summed E-state index contributed by atoms with van der Waals surface area (Å²) in [6, 6.07) is 0. The van der Waals surface area contributed by atoms with Crippen LogP contribution in [-0.4, -0.2) is 37.4 Å². The molecule has 5 nitrogen and oxygen atoms in total. The van der Waals surface area contributed by atoms with Crippen molar-refractivity contribution in [1.82, 2.24) is 0 Å². The van der Waals surface area contributed by atoms with Crippen LogP contribution in [0.15, 0.2) is 0 Å². The molecule has 0 spiro atoms. The Bertz CT molecular complexity index is 218. The molecule has 0 aliphatic heterocycles. The quantitative estimate of drug-likeness (QED) is 0.358. The molecule has 0 atom stereocenters. The number of ketones is 1. The molecule has 0 rings (SSSR count). The van der Waals surface area contributed by atoms with E-state index in [1.165, 1.54) is 0 Å². The number of hydrogen-bond donors (Lipinski definition) is 0. The number of hydrogen-bond acceptors (Lipinski definition) is 5. The minimum atomic E-state index is -0.963. The second-order valence-electron chi connectivity index (χ2n) is 3.42. The van der Waals surface area contributed by atoms with E-state index in [0.717, 1.165) is 0 Å². The zero-order chi connectivity index (χ0) is 12.6. The fraction of sp³-hybridized carbons (Fsp3) is 0.818. The van der Waals surface area contributed by atoms with Gasteiger partial charge in [-0.25, -0.2) is 0 Å². The summed E-state index contributed by atoms with van der Waals surface area (Å²) in [6.45, 7) is 7.68. The number of carbonyl (C=O) groups excluding carboxylic acids is 2. The van der Waals surface area contributed by atoms with Crippen molar-refractivity contribution >= 4 is 11.8 Å². The second kappa shape index (κ2) is 8.24. The smallest absolute Gasteiger partial charge is 0.313 e. The highest BCUT2D eigenvalue weighted by atomic mass is 16.7. The van der Waals surface area contributed by atoms with Crippen LogP contribution in [0.5, 0.6) is 0 Å². The van der Waals surface area contributed by atoms with E-state index < -0.39 is 18.0 Å². The van der Waals surface area contributed by atoms with Gasteiger partial charge in [0, 0.05) is 13.2 Å². The van der Waals surface area contributed by atoms with E-state index in [9.17, 15) is 9.59 Å². The third-order valence-corrected chi connectivity index (χ3v) is 1.58. The Morgan fingerprint density at radius 2 is 1.56 bits per heavy atom. The summed E-state index contributed by atoms with van der Waals surface area (Å²) in [5.41, 5.74) is 0. The van der Waals surface area contributed by atoms with Crippen molar-refractivity contribution in [2.45, 2.75) is 46.5 Å². The minimum Gasteiger partial charge on any atom is -0.463 e. The van der Waals surface area contributed by atoms with E-state index in [0.29, 0.717) is 13.2 Å². The SMILES string of the molecule is CCOC(OCC)C(=O)CC(=O)OC(C)C. The van der Waals surface area contributed by atoms with E-state index in [2.05, 4.69) is 0 Å². The third kappa shape index (κ3) is 6.53. The first-order valence-corrected chi connectivity index (χ1v) is 5.46. The van der Waals surface area contributed by atoms with Crippen molar-refractivity contribution in [1.29, 1.82) is 0 Å². The van der Waals surface area contributed by atoms with Crippen LogP contribution >= 0.6 is 0 Å². The summed E-state index contributed by atoms with van der Waals surface area (Å²) in [7, 11) is 0. The maximum atomic E-state index is 11.6. The maximum absolute atomic E-state index is 11.6. The molecule has 0 fully saturated rings. The van der Waals surface area contributed by atoms with Gasteiger partial charge in [0.05, 0.1) is 6.10 Å². The molecular weight excluding hydrogens is 212 g/mol. The molecule has 0 bridgehead atoms. The Hall–Kier alpha value is -0.940. The van der Waals surface area contributed by atoms with Gasteiger partial charge in [0.1, 0.15) is 6.42 Å². The number of carbonyl (C=O) groups is 2. The van der Waals surface area contributed by atoms with Crippen molar-refractivity contribution in [2.75, 3.05) is 13.2 Å². The summed E-state index contributed by atoms with van der Waals surface area (Å²) in [5, 5.41) is 0. The van der Waals surface area contributed by atoms with Gasteiger partial charge in [-0.1, -0.05) is 0 Å². The van der Waals surface area contributed by atoms with Gasteiger partial charge in [-0.2, -0.15) is 0 Å². The highest BCUT2D eigenvalue weighted by Crippen LogP contribution is 2.03. The van der Waals surface area contributed by atoms with Gasteiger partial charge in [-0.15, -0.1) is 0 Å². The highest BCUT2D eigenvalue weighted by Gasteiger charge is 2.22. The van der Waals surface area contributed by atoms with Gasteiger partial charge < -0.3 is 14.2 Å². The summed E-state index contributed by atoms with van der Waals surface area (Å²) >= 11 is 0. The number of ether oxygens (including phenoxy) is 3. The monoisotopic (exact) mass is 232 g/mol. The van der Waals surface area contributed by atoms with Crippen molar-refractivity contribution in [3.8, 4) is 0 Å². The molecule has 0 amide bonds. The Labute approximate surface area is 96.1 Å². The molecule has 0 heterocycles. The molecule has 0 aliphatic carbocycles. The largest absolute Gasteiger partial charge is 0.463 e. The van der Waals surface area contributed by atoms with E-state index in [4.69, 9.17) is 14.2 Å². The van der Waals surface area contributed by atoms with Crippen LogP contribution in [0.2, 0.25) is 0 Å². The average Bonchev–Trinajstić information content (AvgIpc) is 2.15. The highest BCUT2D eigenvalue weighted by molar-refractivity contribution is 5.97. The van der Waals surface area contributed by atoms with Gasteiger partial charge >= 0.3 is 5.97 Å². The third-order valence-electron chi connectivity index (χ3n) is 1.58. The molecule has 94 valence electrons. The first-order valence-electron chi connectivity index (χ1n) is 5.46. The molecule has 0 N–H and O–H groups in total. The van der Waals surface area contributed by atoms with Crippen LogP contribution in [0.1, 0.15) is 34.1 Å². The topological polar surface area (TPSA) is 61.8 Å². The lowest BCUT2D eigenvalue weighted by molar-refractivity contribution is -0.172. The molecule has 0 saturated carbocycles.